The lowest BCUT2D eigenvalue weighted by Gasteiger charge is -2.22. The molecular formula is C15H16Cl2N2O2. The number of rotatable bonds is 7. The number of carbonyl (C=O) groups excluding carboxylic acids is 1. The zero-order valence-corrected chi connectivity index (χ0v) is 13.2. The fourth-order valence-corrected chi connectivity index (χ4v) is 2.18. The van der Waals surface area contributed by atoms with Crippen molar-refractivity contribution in [2.24, 2.45) is 0 Å². The van der Waals surface area contributed by atoms with Gasteiger partial charge >= 0.3 is 5.97 Å². The van der Waals surface area contributed by atoms with Crippen molar-refractivity contribution in [2.45, 2.75) is 0 Å². The van der Waals surface area contributed by atoms with E-state index in [9.17, 15) is 4.79 Å². The topological polar surface area (TPSA) is 53.3 Å². The molecule has 112 valence electrons. The van der Waals surface area contributed by atoms with Crippen molar-refractivity contribution in [3.05, 3.63) is 35.4 Å². The molecule has 0 aliphatic rings. The van der Waals surface area contributed by atoms with Gasteiger partial charge in [0.15, 0.2) is 0 Å². The van der Waals surface area contributed by atoms with Crippen LogP contribution in [0.3, 0.4) is 0 Å². The number of nitrogens with zero attached hydrogens (tertiary/aromatic N) is 2. The Balaban J connectivity index is 2.93. The summed E-state index contributed by atoms with van der Waals surface area (Å²) in [6, 6.07) is 9.27. The molecule has 0 spiro atoms. The van der Waals surface area contributed by atoms with E-state index in [0.29, 0.717) is 24.8 Å². The Bertz CT molecular complexity index is 530. The van der Waals surface area contributed by atoms with E-state index in [1.165, 1.54) is 13.2 Å². The van der Waals surface area contributed by atoms with Gasteiger partial charge in [0.05, 0.1) is 7.11 Å². The molecule has 0 N–H and O–H groups in total. The van der Waals surface area contributed by atoms with Crippen molar-refractivity contribution >= 4 is 40.9 Å². The summed E-state index contributed by atoms with van der Waals surface area (Å²) in [6.45, 7) is 1.41. The lowest BCUT2D eigenvalue weighted by Crippen LogP contribution is -2.27. The van der Waals surface area contributed by atoms with Crippen LogP contribution in [0.4, 0.5) is 5.69 Å². The quantitative estimate of drug-likeness (QED) is 0.334. The van der Waals surface area contributed by atoms with Crippen molar-refractivity contribution in [2.75, 3.05) is 36.9 Å². The Labute approximate surface area is 134 Å². The standard InChI is InChI=1S/C15H16Cl2N2O2/c1-21-15(20)13(11-18)10-12-2-4-14(5-3-12)19(8-6-16)9-7-17/h2-5,10H,6-9H2,1H3/b13-10-. The molecule has 0 radical (unpaired) electrons. The van der Waals surface area contributed by atoms with Crippen LogP contribution < -0.4 is 4.90 Å². The fourth-order valence-electron chi connectivity index (χ4n) is 1.77. The number of halogens is 2. The zero-order valence-electron chi connectivity index (χ0n) is 11.7. The molecule has 0 saturated heterocycles. The molecule has 1 rings (SSSR count). The Hall–Kier alpha value is -1.70. The van der Waals surface area contributed by atoms with Crippen LogP contribution in [-0.2, 0) is 9.53 Å². The first-order chi connectivity index (χ1) is 10.2. The van der Waals surface area contributed by atoms with Crippen molar-refractivity contribution in [1.29, 1.82) is 5.26 Å². The van der Waals surface area contributed by atoms with Crippen molar-refractivity contribution < 1.29 is 9.53 Å². The summed E-state index contributed by atoms with van der Waals surface area (Å²) < 4.78 is 4.53. The molecule has 0 unspecified atom stereocenters. The molecule has 4 nitrogen and oxygen atoms in total. The van der Waals surface area contributed by atoms with Crippen LogP contribution >= 0.6 is 23.2 Å². The zero-order chi connectivity index (χ0) is 15.7. The van der Waals surface area contributed by atoms with Gasteiger partial charge in [-0.2, -0.15) is 5.26 Å². The SMILES string of the molecule is COC(=O)/C(C#N)=C\c1ccc(N(CCCl)CCCl)cc1. The lowest BCUT2D eigenvalue weighted by molar-refractivity contribution is -0.135. The first-order valence-corrected chi connectivity index (χ1v) is 7.40. The number of benzene rings is 1. The highest BCUT2D eigenvalue weighted by Gasteiger charge is 2.09. The van der Waals surface area contributed by atoms with E-state index in [-0.39, 0.29) is 5.57 Å². The second-order valence-electron chi connectivity index (χ2n) is 4.12. The number of alkyl halides is 2. The first kappa shape index (κ1) is 17.4. The summed E-state index contributed by atoms with van der Waals surface area (Å²) in [5.74, 6) is 0.381. The average molecular weight is 327 g/mol. The molecule has 0 bridgehead atoms. The molecule has 0 aliphatic carbocycles. The van der Waals surface area contributed by atoms with E-state index >= 15 is 0 Å². The van der Waals surface area contributed by atoms with Gasteiger partial charge < -0.3 is 9.64 Å². The van der Waals surface area contributed by atoms with Gasteiger partial charge in [-0.05, 0) is 23.8 Å². The molecule has 1 aromatic carbocycles. The number of esters is 1. The second-order valence-corrected chi connectivity index (χ2v) is 4.87. The average Bonchev–Trinajstić information content (AvgIpc) is 2.52. The maximum atomic E-state index is 11.3. The summed E-state index contributed by atoms with van der Waals surface area (Å²) in [6.07, 6.45) is 1.49. The van der Waals surface area contributed by atoms with E-state index in [1.807, 2.05) is 30.3 Å². The largest absolute Gasteiger partial charge is 0.465 e. The van der Waals surface area contributed by atoms with Crippen LogP contribution in [0, 0.1) is 11.3 Å². The number of nitriles is 1. The molecule has 6 heteroatoms. The summed E-state index contributed by atoms with van der Waals surface area (Å²) in [7, 11) is 1.24. The summed E-state index contributed by atoms with van der Waals surface area (Å²) in [5.41, 5.74) is 1.70. The molecule has 0 atom stereocenters. The van der Waals surface area contributed by atoms with E-state index in [0.717, 1.165) is 11.3 Å². The minimum atomic E-state index is -0.646. The van der Waals surface area contributed by atoms with Gasteiger partial charge in [0.1, 0.15) is 11.6 Å². The van der Waals surface area contributed by atoms with E-state index in [1.54, 1.807) is 0 Å². The van der Waals surface area contributed by atoms with Crippen molar-refractivity contribution in [3.8, 4) is 6.07 Å². The summed E-state index contributed by atoms with van der Waals surface area (Å²) >= 11 is 11.5. The predicted molar refractivity (Wildman–Crippen MR) is 85.7 cm³/mol. The summed E-state index contributed by atoms with van der Waals surface area (Å²) in [4.78, 5) is 13.4. The van der Waals surface area contributed by atoms with E-state index in [2.05, 4.69) is 9.64 Å². The van der Waals surface area contributed by atoms with Gasteiger partial charge in [-0.25, -0.2) is 4.79 Å². The molecule has 0 aromatic heterocycles. The van der Waals surface area contributed by atoms with Crippen LogP contribution in [0.15, 0.2) is 29.8 Å². The van der Waals surface area contributed by atoms with Gasteiger partial charge in [0.25, 0.3) is 0 Å². The highest BCUT2D eigenvalue weighted by Crippen LogP contribution is 2.17. The highest BCUT2D eigenvalue weighted by atomic mass is 35.5. The van der Waals surface area contributed by atoms with Gasteiger partial charge in [0.2, 0.25) is 0 Å². The van der Waals surface area contributed by atoms with Crippen molar-refractivity contribution in [3.63, 3.8) is 0 Å². The van der Waals surface area contributed by atoms with Crippen molar-refractivity contribution in [1.82, 2.24) is 0 Å². The third kappa shape index (κ3) is 5.30. The van der Waals surface area contributed by atoms with Crippen LogP contribution in [0.5, 0.6) is 0 Å². The van der Waals surface area contributed by atoms with Gasteiger partial charge in [0, 0.05) is 30.5 Å². The fraction of sp³-hybridized carbons (Fsp3) is 0.333. The molecule has 1 aromatic rings. The molecule has 21 heavy (non-hydrogen) atoms. The molecular weight excluding hydrogens is 311 g/mol. The number of methoxy groups -OCH3 is 1. The Morgan fingerprint density at radius 1 is 1.29 bits per heavy atom. The van der Waals surface area contributed by atoms with Crippen LogP contribution in [0.2, 0.25) is 0 Å². The Kier molecular flexibility index (Phi) is 7.66. The molecule has 0 amide bonds. The Morgan fingerprint density at radius 2 is 1.86 bits per heavy atom. The number of hydrogen-bond donors (Lipinski definition) is 0. The first-order valence-electron chi connectivity index (χ1n) is 6.33. The third-order valence-corrected chi connectivity index (χ3v) is 3.14. The number of ether oxygens (including phenoxy) is 1. The third-order valence-electron chi connectivity index (χ3n) is 2.80. The number of anilines is 1. The van der Waals surface area contributed by atoms with Crippen LogP contribution in [0.25, 0.3) is 6.08 Å². The maximum Gasteiger partial charge on any atom is 0.348 e. The van der Waals surface area contributed by atoms with Crippen LogP contribution in [0.1, 0.15) is 5.56 Å². The lowest BCUT2D eigenvalue weighted by atomic mass is 10.1. The summed E-state index contributed by atoms with van der Waals surface area (Å²) in [5, 5.41) is 8.91. The van der Waals surface area contributed by atoms with Gasteiger partial charge in [-0.15, -0.1) is 23.2 Å². The molecule has 0 heterocycles. The molecule has 0 saturated carbocycles. The normalized spacial score (nSPS) is 10.9. The smallest absolute Gasteiger partial charge is 0.348 e. The maximum absolute atomic E-state index is 11.3. The minimum Gasteiger partial charge on any atom is -0.465 e. The highest BCUT2D eigenvalue weighted by molar-refractivity contribution is 6.18. The molecule has 0 fully saturated rings. The monoisotopic (exact) mass is 326 g/mol. The van der Waals surface area contributed by atoms with Gasteiger partial charge in [-0.1, -0.05) is 12.1 Å². The van der Waals surface area contributed by atoms with E-state index in [4.69, 9.17) is 28.5 Å². The number of hydrogen-bond acceptors (Lipinski definition) is 4. The second kappa shape index (κ2) is 9.28. The molecule has 0 aliphatic heterocycles. The minimum absolute atomic E-state index is 0.0383. The predicted octanol–water partition coefficient (Wildman–Crippen LogP) is 3.05. The number of carbonyl (C=O) groups is 1. The van der Waals surface area contributed by atoms with Crippen LogP contribution in [-0.4, -0.2) is 37.9 Å². The Morgan fingerprint density at radius 3 is 2.29 bits per heavy atom. The van der Waals surface area contributed by atoms with Gasteiger partial charge in [-0.3, -0.25) is 0 Å². The van der Waals surface area contributed by atoms with E-state index < -0.39 is 5.97 Å².